The van der Waals surface area contributed by atoms with Crippen molar-refractivity contribution in [2.45, 2.75) is 20.3 Å². The van der Waals surface area contributed by atoms with Crippen LogP contribution in [-0.4, -0.2) is 25.8 Å². The average Bonchev–Trinajstić information content (AvgIpc) is 2.63. The summed E-state index contributed by atoms with van der Waals surface area (Å²) in [5.74, 6) is 0.404. The summed E-state index contributed by atoms with van der Waals surface area (Å²) >= 11 is 0. The van der Waals surface area contributed by atoms with Crippen LogP contribution in [0.4, 0.5) is 17.2 Å². The van der Waals surface area contributed by atoms with Crippen LogP contribution in [0.25, 0.3) is 0 Å². The summed E-state index contributed by atoms with van der Waals surface area (Å²) in [6.07, 6.45) is 6.76. The molecular weight excluding hydrogens is 316 g/mol. The monoisotopic (exact) mass is 334 g/mol. The molecule has 0 aliphatic heterocycles. The number of nitrogens with one attached hydrogen (secondary N) is 2. The van der Waals surface area contributed by atoms with Crippen LogP contribution >= 0.6 is 0 Å². The van der Waals surface area contributed by atoms with Gasteiger partial charge in [0, 0.05) is 35.5 Å². The van der Waals surface area contributed by atoms with Crippen molar-refractivity contribution in [1.29, 1.82) is 0 Å². The SMILES string of the molecule is CCc1ccc(Nc2cc(C)ncn2)cc1NC(=O)c1cnccn1. The number of rotatable bonds is 5. The van der Waals surface area contributed by atoms with Crippen molar-refractivity contribution in [2.75, 3.05) is 10.6 Å². The van der Waals surface area contributed by atoms with Gasteiger partial charge < -0.3 is 10.6 Å². The van der Waals surface area contributed by atoms with Gasteiger partial charge in [-0.25, -0.2) is 15.0 Å². The van der Waals surface area contributed by atoms with E-state index in [1.54, 1.807) is 0 Å². The fraction of sp³-hybridized carbons (Fsp3) is 0.167. The summed E-state index contributed by atoms with van der Waals surface area (Å²) in [5.41, 5.74) is 3.73. The van der Waals surface area contributed by atoms with Gasteiger partial charge in [0.1, 0.15) is 17.8 Å². The van der Waals surface area contributed by atoms with E-state index in [0.717, 1.165) is 29.1 Å². The highest BCUT2D eigenvalue weighted by Gasteiger charge is 2.11. The van der Waals surface area contributed by atoms with Crippen molar-refractivity contribution in [3.63, 3.8) is 0 Å². The van der Waals surface area contributed by atoms with E-state index in [0.29, 0.717) is 5.82 Å². The quantitative estimate of drug-likeness (QED) is 0.744. The average molecular weight is 334 g/mol. The minimum atomic E-state index is -0.294. The third-order valence-corrected chi connectivity index (χ3v) is 3.61. The lowest BCUT2D eigenvalue weighted by Gasteiger charge is -2.13. The molecule has 2 heterocycles. The third kappa shape index (κ3) is 4.14. The zero-order chi connectivity index (χ0) is 17.6. The molecular formula is C18H18N6O. The summed E-state index contributed by atoms with van der Waals surface area (Å²) in [5, 5.41) is 6.12. The van der Waals surface area contributed by atoms with Crippen molar-refractivity contribution in [2.24, 2.45) is 0 Å². The number of amides is 1. The number of nitrogens with zero attached hydrogens (tertiary/aromatic N) is 4. The predicted molar refractivity (Wildman–Crippen MR) is 95.9 cm³/mol. The van der Waals surface area contributed by atoms with Crippen molar-refractivity contribution >= 4 is 23.1 Å². The maximum absolute atomic E-state index is 12.3. The Balaban J connectivity index is 1.84. The van der Waals surface area contributed by atoms with Crippen molar-refractivity contribution in [3.8, 4) is 0 Å². The molecule has 3 rings (SSSR count). The molecule has 1 aromatic carbocycles. The largest absolute Gasteiger partial charge is 0.340 e. The first-order chi connectivity index (χ1) is 12.2. The van der Waals surface area contributed by atoms with E-state index in [2.05, 4.69) is 30.6 Å². The normalized spacial score (nSPS) is 10.3. The van der Waals surface area contributed by atoms with Crippen molar-refractivity contribution < 1.29 is 4.79 Å². The molecule has 0 aliphatic carbocycles. The van der Waals surface area contributed by atoms with E-state index in [4.69, 9.17) is 0 Å². The molecule has 0 atom stereocenters. The molecule has 2 aromatic heterocycles. The van der Waals surface area contributed by atoms with E-state index >= 15 is 0 Å². The number of carbonyl (C=O) groups excluding carboxylic acids is 1. The van der Waals surface area contributed by atoms with Gasteiger partial charge in [0.15, 0.2) is 0 Å². The Kier molecular flexibility index (Phi) is 4.94. The van der Waals surface area contributed by atoms with E-state index in [9.17, 15) is 4.79 Å². The minimum absolute atomic E-state index is 0.273. The highest BCUT2D eigenvalue weighted by atomic mass is 16.1. The van der Waals surface area contributed by atoms with Crippen LogP contribution in [0.15, 0.2) is 49.2 Å². The number of anilines is 3. The Bertz CT molecular complexity index is 882. The maximum atomic E-state index is 12.3. The zero-order valence-corrected chi connectivity index (χ0v) is 14.0. The summed E-state index contributed by atoms with van der Waals surface area (Å²) in [7, 11) is 0. The molecule has 0 unspecified atom stereocenters. The first-order valence-electron chi connectivity index (χ1n) is 7.91. The molecule has 1 amide bonds. The number of aromatic nitrogens is 4. The highest BCUT2D eigenvalue weighted by Crippen LogP contribution is 2.24. The Morgan fingerprint density at radius 3 is 2.72 bits per heavy atom. The van der Waals surface area contributed by atoms with Gasteiger partial charge in [-0.3, -0.25) is 9.78 Å². The molecule has 0 spiro atoms. The molecule has 25 heavy (non-hydrogen) atoms. The lowest BCUT2D eigenvalue weighted by Crippen LogP contribution is -2.15. The minimum Gasteiger partial charge on any atom is -0.340 e. The fourth-order valence-corrected chi connectivity index (χ4v) is 2.35. The van der Waals surface area contributed by atoms with Crippen LogP contribution in [0.2, 0.25) is 0 Å². The number of hydrogen-bond donors (Lipinski definition) is 2. The number of carbonyl (C=O) groups is 1. The topological polar surface area (TPSA) is 92.7 Å². The standard InChI is InChI=1S/C18H18N6O/c1-3-13-4-5-14(23-17-8-12(2)21-11-22-17)9-15(13)24-18(25)16-10-19-6-7-20-16/h4-11H,3H2,1-2H3,(H,24,25)(H,21,22,23). The molecule has 0 fully saturated rings. The fourth-order valence-electron chi connectivity index (χ4n) is 2.35. The van der Waals surface area contributed by atoms with Gasteiger partial charge in [-0.1, -0.05) is 13.0 Å². The van der Waals surface area contributed by atoms with E-state index < -0.39 is 0 Å². The lowest BCUT2D eigenvalue weighted by molar-refractivity contribution is 0.102. The Morgan fingerprint density at radius 1 is 1.12 bits per heavy atom. The van der Waals surface area contributed by atoms with E-state index in [1.165, 1.54) is 24.9 Å². The number of aryl methyl sites for hydroxylation is 2. The van der Waals surface area contributed by atoms with Crippen LogP contribution in [0, 0.1) is 6.92 Å². The summed E-state index contributed by atoms with van der Waals surface area (Å²) < 4.78 is 0. The van der Waals surface area contributed by atoms with E-state index in [1.807, 2.05) is 38.1 Å². The van der Waals surface area contributed by atoms with Crippen molar-refractivity contribution in [1.82, 2.24) is 19.9 Å². The summed E-state index contributed by atoms with van der Waals surface area (Å²) in [4.78, 5) is 28.6. The van der Waals surface area contributed by atoms with Gasteiger partial charge in [0.05, 0.1) is 6.20 Å². The molecule has 0 aliphatic rings. The first-order valence-corrected chi connectivity index (χ1v) is 7.91. The first kappa shape index (κ1) is 16.5. The number of hydrogen-bond acceptors (Lipinski definition) is 6. The molecule has 7 heteroatoms. The second kappa shape index (κ2) is 7.48. The molecule has 0 saturated heterocycles. The second-order valence-corrected chi connectivity index (χ2v) is 5.44. The van der Waals surface area contributed by atoms with Gasteiger partial charge in [0.2, 0.25) is 0 Å². The molecule has 0 bridgehead atoms. The Morgan fingerprint density at radius 2 is 2.00 bits per heavy atom. The molecule has 0 radical (unpaired) electrons. The van der Waals surface area contributed by atoms with Crippen LogP contribution < -0.4 is 10.6 Å². The Labute approximate surface area is 145 Å². The van der Waals surface area contributed by atoms with Gasteiger partial charge in [-0.2, -0.15) is 0 Å². The van der Waals surface area contributed by atoms with Crippen LogP contribution in [-0.2, 0) is 6.42 Å². The Hall–Kier alpha value is -3.35. The van der Waals surface area contributed by atoms with Gasteiger partial charge in [-0.15, -0.1) is 0 Å². The molecule has 3 aromatic rings. The summed E-state index contributed by atoms with van der Waals surface area (Å²) in [6.45, 7) is 3.94. The maximum Gasteiger partial charge on any atom is 0.275 e. The number of benzene rings is 1. The van der Waals surface area contributed by atoms with Crippen LogP contribution in [0.3, 0.4) is 0 Å². The molecule has 7 nitrogen and oxygen atoms in total. The van der Waals surface area contributed by atoms with Gasteiger partial charge in [-0.05, 0) is 31.0 Å². The molecule has 0 saturated carbocycles. The zero-order valence-electron chi connectivity index (χ0n) is 14.0. The van der Waals surface area contributed by atoms with Gasteiger partial charge >= 0.3 is 0 Å². The van der Waals surface area contributed by atoms with Crippen LogP contribution in [0.5, 0.6) is 0 Å². The van der Waals surface area contributed by atoms with Crippen molar-refractivity contribution in [3.05, 3.63) is 66.1 Å². The highest BCUT2D eigenvalue weighted by molar-refractivity contribution is 6.03. The third-order valence-electron chi connectivity index (χ3n) is 3.61. The predicted octanol–water partition coefficient (Wildman–Crippen LogP) is 3.13. The molecule has 2 N–H and O–H groups in total. The summed E-state index contributed by atoms with van der Waals surface area (Å²) in [6, 6.07) is 7.66. The van der Waals surface area contributed by atoms with Crippen LogP contribution in [0.1, 0.15) is 28.7 Å². The molecule has 126 valence electrons. The lowest BCUT2D eigenvalue weighted by atomic mass is 10.1. The second-order valence-electron chi connectivity index (χ2n) is 5.44. The van der Waals surface area contributed by atoms with E-state index in [-0.39, 0.29) is 11.6 Å². The van der Waals surface area contributed by atoms with Gasteiger partial charge in [0.25, 0.3) is 5.91 Å². The smallest absolute Gasteiger partial charge is 0.275 e.